The predicted octanol–water partition coefficient (Wildman–Crippen LogP) is 3.97. The van der Waals surface area contributed by atoms with Crippen molar-refractivity contribution in [3.63, 3.8) is 0 Å². The van der Waals surface area contributed by atoms with Gasteiger partial charge < -0.3 is 10.2 Å². The van der Waals surface area contributed by atoms with E-state index in [1.807, 2.05) is 50.7 Å². The van der Waals surface area contributed by atoms with Crippen molar-refractivity contribution in [2.45, 2.75) is 11.4 Å². The Morgan fingerprint density at radius 2 is 1.77 bits per heavy atom. The van der Waals surface area contributed by atoms with Gasteiger partial charge in [0.1, 0.15) is 5.82 Å². The maximum atomic E-state index is 12.5. The molecule has 1 heterocycles. The van der Waals surface area contributed by atoms with Gasteiger partial charge in [0, 0.05) is 36.3 Å². The number of hydrogen-bond acceptors (Lipinski definition) is 4. The monoisotopic (exact) mass is 366 g/mol. The minimum absolute atomic E-state index is 0.137. The van der Waals surface area contributed by atoms with Gasteiger partial charge in [-0.05, 0) is 48.2 Å². The largest absolute Gasteiger partial charge is 0.378 e. The lowest BCUT2D eigenvalue weighted by Crippen LogP contribution is -2.16. The van der Waals surface area contributed by atoms with E-state index in [4.69, 9.17) is 0 Å². The smallest absolute Gasteiger partial charge is 0.256 e. The molecular weight excluding hydrogens is 344 g/mol. The fourth-order valence-electron chi connectivity index (χ4n) is 2.57. The number of aromatic nitrogens is 2. The second-order valence-electron chi connectivity index (χ2n) is 6.12. The Balaban J connectivity index is 1.70. The first-order valence-electron chi connectivity index (χ1n) is 8.30. The highest BCUT2D eigenvalue weighted by Gasteiger charge is 2.10. The van der Waals surface area contributed by atoms with Crippen LogP contribution in [0, 0.1) is 0 Å². The van der Waals surface area contributed by atoms with E-state index in [-0.39, 0.29) is 5.91 Å². The summed E-state index contributed by atoms with van der Waals surface area (Å²) in [6.07, 6.45) is 3.71. The Morgan fingerprint density at radius 1 is 1.08 bits per heavy atom. The zero-order chi connectivity index (χ0) is 18.5. The summed E-state index contributed by atoms with van der Waals surface area (Å²) in [6.45, 7) is 0.599. The topological polar surface area (TPSA) is 50.2 Å². The van der Waals surface area contributed by atoms with E-state index in [0.29, 0.717) is 17.9 Å². The van der Waals surface area contributed by atoms with Crippen LogP contribution in [0.25, 0.3) is 0 Å². The van der Waals surface area contributed by atoms with Crippen LogP contribution in [0.15, 0.2) is 65.7 Å². The summed E-state index contributed by atoms with van der Waals surface area (Å²) in [6, 6.07) is 17.7. The Kier molecular flexibility index (Phi) is 5.63. The molecule has 1 N–H and O–H groups in total. The summed E-state index contributed by atoms with van der Waals surface area (Å²) in [5, 5.41) is 7.27. The molecule has 0 spiro atoms. The number of thioether (sulfide) groups is 1. The Hall–Kier alpha value is -2.73. The van der Waals surface area contributed by atoms with Crippen molar-refractivity contribution in [1.82, 2.24) is 9.78 Å². The number of carbonyl (C=O) groups is 1. The van der Waals surface area contributed by atoms with E-state index in [2.05, 4.69) is 39.6 Å². The van der Waals surface area contributed by atoms with Gasteiger partial charge in [0.2, 0.25) is 0 Å². The third kappa shape index (κ3) is 4.26. The van der Waals surface area contributed by atoms with E-state index >= 15 is 0 Å². The van der Waals surface area contributed by atoms with Crippen molar-refractivity contribution >= 4 is 29.2 Å². The average Bonchev–Trinajstić information content (AvgIpc) is 3.09. The predicted molar refractivity (Wildman–Crippen MR) is 108 cm³/mol. The standard InChI is InChI=1S/C20H22N4OS/c1-23(2)17-8-4-15(5-9-17)14-24-19(12-13-21-24)22-20(25)16-6-10-18(26-3)11-7-16/h4-13H,14H2,1-3H3,(H,22,25). The lowest BCUT2D eigenvalue weighted by Gasteiger charge is -2.13. The van der Waals surface area contributed by atoms with Gasteiger partial charge in [0.15, 0.2) is 0 Å². The van der Waals surface area contributed by atoms with E-state index in [1.54, 1.807) is 22.6 Å². The van der Waals surface area contributed by atoms with Crippen LogP contribution >= 0.6 is 11.8 Å². The van der Waals surface area contributed by atoms with Gasteiger partial charge in [-0.1, -0.05) is 12.1 Å². The number of benzene rings is 2. The molecular formula is C20H22N4OS. The summed E-state index contributed by atoms with van der Waals surface area (Å²) in [5.74, 6) is 0.544. The number of nitrogens with zero attached hydrogens (tertiary/aromatic N) is 3. The molecule has 3 rings (SSSR count). The van der Waals surface area contributed by atoms with Crippen LogP contribution in [0.1, 0.15) is 15.9 Å². The van der Waals surface area contributed by atoms with Gasteiger partial charge in [-0.15, -0.1) is 11.8 Å². The second-order valence-corrected chi connectivity index (χ2v) is 7.00. The molecule has 6 heteroatoms. The highest BCUT2D eigenvalue weighted by atomic mass is 32.2. The molecule has 0 unspecified atom stereocenters. The number of anilines is 2. The summed E-state index contributed by atoms with van der Waals surface area (Å²) in [5.41, 5.74) is 2.90. The quantitative estimate of drug-likeness (QED) is 0.671. The van der Waals surface area contributed by atoms with Gasteiger partial charge in [-0.3, -0.25) is 4.79 Å². The van der Waals surface area contributed by atoms with E-state index < -0.39 is 0 Å². The van der Waals surface area contributed by atoms with Crippen molar-refractivity contribution in [2.75, 3.05) is 30.6 Å². The molecule has 0 saturated carbocycles. The summed E-state index contributed by atoms with van der Waals surface area (Å²) < 4.78 is 1.79. The minimum atomic E-state index is -0.137. The van der Waals surface area contributed by atoms with Crippen molar-refractivity contribution < 1.29 is 4.79 Å². The molecule has 0 fully saturated rings. The van der Waals surface area contributed by atoms with Crippen molar-refractivity contribution in [1.29, 1.82) is 0 Å². The third-order valence-electron chi connectivity index (χ3n) is 4.10. The van der Waals surface area contributed by atoms with Crippen molar-refractivity contribution in [3.8, 4) is 0 Å². The molecule has 0 radical (unpaired) electrons. The molecule has 26 heavy (non-hydrogen) atoms. The lowest BCUT2D eigenvalue weighted by atomic mass is 10.2. The number of hydrogen-bond donors (Lipinski definition) is 1. The zero-order valence-electron chi connectivity index (χ0n) is 15.1. The number of carbonyl (C=O) groups excluding carboxylic acids is 1. The van der Waals surface area contributed by atoms with Crippen LogP contribution in [0.5, 0.6) is 0 Å². The van der Waals surface area contributed by atoms with E-state index in [1.165, 1.54) is 0 Å². The van der Waals surface area contributed by atoms with E-state index in [0.717, 1.165) is 16.1 Å². The molecule has 0 aliphatic rings. The van der Waals surface area contributed by atoms with Gasteiger partial charge in [0.05, 0.1) is 12.7 Å². The Morgan fingerprint density at radius 3 is 2.38 bits per heavy atom. The summed E-state index contributed by atoms with van der Waals surface area (Å²) in [7, 11) is 4.03. The molecule has 0 saturated heterocycles. The van der Waals surface area contributed by atoms with E-state index in [9.17, 15) is 4.79 Å². The first-order chi connectivity index (χ1) is 12.6. The van der Waals surface area contributed by atoms with Crippen molar-refractivity contribution in [3.05, 3.63) is 71.9 Å². The number of rotatable bonds is 6. The Bertz CT molecular complexity index is 870. The molecule has 2 aromatic carbocycles. The number of nitrogens with one attached hydrogen (secondary N) is 1. The normalized spacial score (nSPS) is 10.6. The molecule has 0 bridgehead atoms. The fraction of sp³-hybridized carbons (Fsp3) is 0.200. The van der Waals surface area contributed by atoms with Crippen LogP contribution in [-0.4, -0.2) is 36.0 Å². The second kappa shape index (κ2) is 8.10. The molecule has 3 aromatic rings. The fourth-order valence-corrected chi connectivity index (χ4v) is 2.98. The van der Waals surface area contributed by atoms with Crippen LogP contribution in [0.3, 0.4) is 0 Å². The first kappa shape index (κ1) is 18.1. The molecule has 134 valence electrons. The molecule has 5 nitrogen and oxygen atoms in total. The summed E-state index contributed by atoms with van der Waals surface area (Å²) >= 11 is 1.65. The van der Waals surface area contributed by atoms with Crippen molar-refractivity contribution in [2.24, 2.45) is 0 Å². The minimum Gasteiger partial charge on any atom is -0.378 e. The average molecular weight is 366 g/mol. The molecule has 0 aliphatic heterocycles. The van der Waals surface area contributed by atoms with Gasteiger partial charge >= 0.3 is 0 Å². The van der Waals surface area contributed by atoms with Gasteiger partial charge in [0.25, 0.3) is 5.91 Å². The van der Waals surface area contributed by atoms with Gasteiger partial charge in [-0.25, -0.2) is 4.68 Å². The first-order valence-corrected chi connectivity index (χ1v) is 9.53. The maximum absolute atomic E-state index is 12.5. The molecule has 0 atom stereocenters. The van der Waals surface area contributed by atoms with Crippen LogP contribution in [0.2, 0.25) is 0 Å². The molecule has 1 amide bonds. The van der Waals surface area contributed by atoms with Crippen LogP contribution < -0.4 is 10.2 Å². The summed E-state index contributed by atoms with van der Waals surface area (Å²) in [4.78, 5) is 15.7. The lowest BCUT2D eigenvalue weighted by molar-refractivity contribution is 0.102. The molecule has 0 aliphatic carbocycles. The van der Waals surface area contributed by atoms with Crippen LogP contribution in [-0.2, 0) is 6.54 Å². The highest BCUT2D eigenvalue weighted by Crippen LogP contribution is 2.17. The van der Waals surface area contributed by atoms with Crippen LogP contribution in [0.4, 0.5) is 11.5 Å². The third-order valence-corrected chi connectivity index (χ3v) is 4.84. The number of amides is 1. The highest BCUT2D eigenvalue weighted by molar-refractivity contribution is 7.98. The SMILES string of the molecule is CSc1ccc(C(=O)Nc2ccnn2Cc2ccc(N(C)C)cc2)cc1. The van der Waals surface area contributed by atoms with Gasteiger partial charge in [-0.2, -0.15) is 5.10 Å². The molecule has 1 aromatic heterocycles. The maximum Gasteiger partial charge on any atom is 0.256 e. The Labute approximate surface area is 158 Å². The zero-order valence-corrected chi connectivity index (χ0v) is 16.0.